The number of carbonyl (C=O) groups is 1. The van der Waals surface area contributed by atoms with E-state index in [2.05, 4.69) is 112 Å². The largest absolute Gasteiger partial charge is 0.414 e. The summed E-state index contributed by atoms with van der Waals surface area (Å²) in [6.45, 7) is 33.5. The van der Waals surface area contributed by atoms with E-state index < -0.39 is 55.2 Å². The van der Waals surface area contributed by atoms with Crippen molar-refractivity contribution in [2.45, 2.75) is 141 Å². The zero-order valence-electron chi connectivity index (χ0n) is 30.9. The number of aromatic nitrogens is 2. The third-order valence-corrected chi connectivity index (χ3v) is 24.0. The van der Waals surface area contributed by atoms with Crippen LogP contribution in [0.25, 0.3) is 0 Å². The van der Waals surface area contributed by atoms with E-state index >= 15 is 0 Å². The van der Waals surface area contributed by atoms with Gasteiger partial charge in [0.1, 0.15) is 24.1 Å². The summed E-state index contributed by atoms with van der Waals surface area (Å²) in [4.78, 5) is 30.7. The highest BCUT2D eigenvalue weighted by molar-refractivity contribution is 6.75. The smallest absolute Gasteiger partial charge is 0.351 e. The van der Waals surface area contributed by atoms with Gasteiger partial charge in [-0.05, 0) is 72.6 Å². The summed E-state index contributed by atoms with van der Waals surface area (Å²) in [6, 6.07) is 10.5. The highest BCUT2D eigenvalue weighted by Crippen LogP contribution is 2.46. The molecule has 12 heteroatoms. The van der Waals surface area contributed by atoms with Crippen LogP contribution in [-0.4, -0.2) is 65.3 Å². The SMILES string of the molecule is CC(C)(C)[Si](C)(C)OC[C@H]1O[C@@H](n2ccc(NC(=O)c3ccccc3)nc2=O)[C@H](O[Si](C)(C)C(C)(C)C)[C@@H]1O[Si](C)(C)C(C)(C)C. The maximum atomic E-state index is 13.7. The summed E-state index contributed by atoms with van der Waals surface area (Å²) < 4.78 is 29.3. The van der Waals surface area contributed by atoms with Crippen LogP contribution in [0.3, 0.4) is 0 Å². The van der Waals surface area contributed by atoms with Crippen LogP contribution < -0.4 is 11.0 Å². The molecule has 1 aliphatic rings. The van der Waals surface area contributed by atoms with Crippen LogP contribution >= 0.6 is 0 Å². The number of amides is 1. The first-order valence-electron chi connectivity index (χ1n) is 16.4. The third-order valence-electron chi connectivity index (χ3n) is 10.6. The predicted octanol–water partition coefficient (Wildman–Crippen LogP) is 8.20. The van der Waals surface area contributed by atoms with Gasteiger partial charge < -0.3 is 23.3 Å². The molecule has 9 nitrogen and oxygen atoms in total. The number of nitrogens with zero attached hydrogens (tertiary/aromatic N) is 2. The fourth-order valence-corrected chi connectivity index (χ4v) is 7.95. The molecular formula is C34H59N3O6Si3. The van der Waals surface area contributed by atoms with Gasteiger partial charge in [-0.1, -0.05) is 80.5 Å². The molecule has 46 heavy (non-hydrogen) atoms. The van der Waals surface area contributed by atoms with E-state index in [4.69, 9.17) is 18.0 Å². The molecule has 1 aromatic heterocycles. The summed E-state index contributed by atoms with van der Waals surface area (Å²) in [5.74, 6) is -0.172. The molecule has 0 unspecified atom stereocenters. The second kappa shape index (κ2) is 13.5. The molecule has 1 saturated heterocycles. The number of nitrogens with one attached hydrogen (secondary N) is 1. The summed E-state index contributed by atoms with van der Waals surface area (Å²) in [7, 11) is -6.85. The molecule has 1 N–H and O–H groups in total. The van der Waals surface area contributed by atoms with Crippen molar-refractivity contribution < 1.29 is 22.8 Å². The van der Waals surface area contributed by atoms with E-state index in [1.807, 2.05) is 6.07 Å². The Hall–Kier alpha value is -1.94. The molecule has 0 aliphatic carbocycles. The number of anilines is 1. The molecular weight excluding hydrogens is 631 g/mol. The Morgan fingerprint density at radius 1 is 0.804 bits per heavy atom. The first-order valence-corrected chi connectivity index (χ1v) is 25.1. The van der Waals surface area contributed by atoms with Crippen molar-refractivity contribution in [2.24, 2.45) is 0 Å². The average molecular weight is 690 g/mol. The Morgan fingerprint density at radius 3 is 1.78 bits per heavy atom. The van der Waals surface area contributed by atoms with Gasteiger partial charge in [0.05, 0.1) is 6.61 Å². The number of rotatable bonds is 10. The number of hydrogen-bond donors (Lipinski definition) is 1. The van der Waals surface area contributed by atoms with E-state index in [0.29, 0.717) is 12.2 Å². The van der Waals surface area contributed by atoms with Crippen LogP contribution in [0, 0.1) is 0 Å². The van der Waals surface area contributed by atoms with Crippen LogP contribution in [0.15, 0.2) is 47.4 Å². The van der Waals surface area contributed by atoms with Crippen molar-refractivity contribution in [2.75, 3.05) is 11.9 Å². The zero-order chi connectivity index (χ0) is 35.1. The van der Waals surface area contributed by atoms with Gasteiger partial charge in [0, 0.05) is 11.8 Å². The Balaban J connectivity index is 2.08. The lowest BCUT2D eigenvalue weighted by Crippen LogP contribution is -2.54. The predicted molar refractivity (Wildman–Crippen MR) is 194 cm³/mol. The van der Waals surface area contributed by atoms with E-state index in [9.17, 15) is 9.59 Å². The average Bonchev–Trinajstić information content (AvgIpc) is 3.21. The van der Waals surface area contributed by atoms with Crippen LogP contribution in [0.1, 0.15) is 78.9 Å². The standard InChI is InChI=1S/C34H59N3O6Si3/c1-32(2,3)44(10,11)40-23-25-27(42-45(12,13)33(4,5)6)28(43-46(14,15)34(7,8)9)30(41-25)37-22-21-26(36-31(37)39)35-29(38)24-19-17-16-18-20-24/h16-22,25,27-28,30H,23H2,1-15H3,(H,35,36,38,39)/t25-,27-,28-,30-/m1/s1. The Bertz CT molecular complexity index is 1410. The van der Waals surface area contributed by atoms with Gasteiger partial charge in [0.25, 0.3) is 5.91 Å². The monoisotopic (exact) mass is 689 g/mol. The molecule has 2 aromatic rings. The second-order valence-electron chi connectivity index (χ2n) is 17.1. The molecule has 3 rings (SSSR count). The highest BCUT2D eigenvalue weighted by atomic mass is 28.4. The Labute approximate surface area is 280 Å². The van der Waals surface area contributed by atoms with Crippen molar-refractivity contribution in [3.05, 3.63) is 58.6 Å². The molecule has 4 atom stereocenters. The van der Waals surface area contributed by atoms with Crippen LogP contribution in [-0.2, 0) is 18.0 Å². The fourth-order valence-electron chi connectivity index (χ4n) is 4.33. The van der Waals surface area contributed by atoms with Gasteiger partial charge in [-0.15, -0.1) is 0 Å². The summed E-state index contributed by atoms with van der Waals surface area (Å²) in [6.07, 6.45) is -0.673. The van der Waals surface area contributed by atoms with Crippen molar-refractivity contribution in [1.82, 2.24) is 9.55 Å². The maximum Gasteiger partial charge on any atom is 0.351 e. The molecule has 1 aromatic carbocycles. The van der Waals surface area contributed by atoms with E-state index in [1.54, 1.807) is 36.5 Å². The number of hydrogen-bond acceptors (Lipinski definition) is 7. The Morgan fingerprint density at radius 2 is 1.30 bits per heavy atom. The van der Waals surface area contributed by atoms with E-state index in [1.165, 1.54) is 4.57 Å². The lowest BCUT2D eigenvalue weighted by molar-refractivity contribution is -0.0509. The number of ether oxygens (including phenoxy) is 1. The molecule has 0 spiro atoms. The molecule has 1 aliphatic heterocycles. The maximum absolute atomic E-state index is 13.7. The quantitative estimate of drug-likeness (QED) is 0.251. The number of carbonyl (C=O) groups excluding carboxylic acids is 1. The van der Waals surface area contributed by atoms with Crippen molar-refractivity contribution in [1.29, 1.82) is 0 Å². The van der Waals surface area contributed by atoms with Gasteiger partial charge in [-0.2, -0.15) is 4.98 Å². The van der Waals surface area contributed by atoms with Crippen molar-refractivity contribution in [3.63, 3.8) is 0 Å². The van der Waals surface area contributed by atoms with Crippen molar-refractivity contribution in [3.8, 4) is 0 Å². The van der Waals surface area contributed by atoms with Gasteiger partial charge >= 0.3 is 5.69 Å². The molecule has 0 saturated carbocycles. The first-order chi connectivity index (χ1) is 20.8. The Kier molecular flexibility index (Phi) is 11.3. The summed E-state index contributed by atoms with van der Waals surface area (Å²) in [5, 5.41) is 2.60. The van der Waals surface area contributed by atoms with Gasteiger partial charge in [0.2, 0.25) is 0 Å². The molecule has 2 heterocycles. The van der Waals surface area contributed by atoms with E-state index in [0.717, 1.165) is 0 Å². The van der Waals surface area contributed by atoms with E-state index in [-0.39, 0.29) is 26.8 Å². The second-order valence-corrected chi connectivity index (χ2v) is 31.5. The lowest BCUT2D eigenvalue weighted by atomic mass is 10.1. The molecule has 0 radical (unpaired) electrons. The summed E-state index contributed by atoms with van der Waals surface area (Å²) in [5.41, 5.74) is -0.0673. The third kappa shape index (κ3) is 8.74. The molecule has 1 amide bonds. The minimum absolute atomic E-state index is 0.0126. The van der Waals surface area contributed by atoms with Gasteiger partial charge in [-0.25, -0.2) is 4.79 Å². The fraction of sp³-hybridized carbons (Fsp3) is 0.676. The van der Waals surface area contributed by atoms with Crippen LogP contribution in [0.5, 0.6) is 0 Å². The topological polar surface area (TPSA) is 101 Å². The molecule has 258 valence electrons. The first kappa shape index (κ1) is 38.5. The van der Waals surface area contributed by atoms with Crippen molar-refractivity contribution >= 4 is 36.7 Å². The number of benzene rings is 1. The highest BCUT2D eigenvalue weighted by Gasteiger charge is 2.55. The summed E-state index contributed by atoms with van der Waals surface area (Å²) >= 11 is 0. The van der Waals surface area contributed by atoms with Gasteiger partial charge in [0.15, 0.2) is 31.2 Å². The normalized spacial score (nSPS) is 21.8. The molecule has 1 fully saturated rings. The van der Waals surface area contributed by atoms with Gasteiger partial charge in [-0.3, -0.25) is 9.36 Å². The minimum Gasteiger partial charge on any atom is -0.414 e. The van der Waals surface area contributed by atoms with Crippen LogP contribution in [0.2, 0.25) is 54.4 Å². The molecule has 0 bridgehead atoms. The zero-order valence-corrected chi connectivity index (χ0v) is 33.9. The van der Waals surface area contributed by atoms with Crippen LogP contribution in [0.4, 0.5) is 5.82 Å². The lowest BCUT2D eigenvalue weighted by Gasteiger charge is -2.44. The minimum atomic E-state index is -2.38.